The molecule has 0 fully saturated rings. The van der Waals surface area contributed by atoms with Gasteiger partial charge in [0.25, 0.3) is 5.91 Å². The largest absolute Gasteiger partial charge is 0.494 e. The Labute approximate surface area is 178 Å². The second kappa shape index (κ2) is 8.79. The summed E-state index contributed by atoms with van der Waals surface area (Å²) in [6.45, 7) is 2.32. The van der Waals surface area contributed by atoms with Crippen LogP contribution in [-0.4, -0.2) is 26.2 Å². The molecule has 0 radical (unpaired) electrons. The van der Waals surface area contributed by atoms with Crippen molar-refractivity contribution in [1.29, 1.82) is 0 Å². The van der Waals surface area contributed by atoms with Gasteiger partial charge in [-0.15, -0.1) is 0 Å². The van der Waals surface area contributed by atoms with E-state index in [1.54, 1.807) is 60.7 Å². The van der Waals surface area contributed by atoms with Gasteiger partial charge in [0.1, 0.15) is 17.1 Å². The number of ether oxygens (including phenoxy) is 3. The second-order valence-electron chi connectivity index (χ2n) is 6.72. The van der Waals surface area contributed by atoms with Crippen LogP contribution in [0, 0.1) is 0 Å². The maximum Gasteiger partial charge on any atom is 0.262 e. The third-order valence-corrected chi connectivity index (χ3v) is 4.67. The molecule has 4 rings (SSSR count). The predicted octanol–water partition coefficient (Wildman–Crippen LogP) is 4.37. The molecule has 4 aromatic rings. The molecule has 0 unspecified atom stereocenters. The Kier molecular flexibility index (Phi) is 5.75. The molecule has 1 heterocycles. The molecule has 0 aliphatic carbocycles. The third kappa shape index (κ3) is 4.30. The highest BCUT2D eigenvalue weighted by atomic mass is 16.5. The average Bonchev–Trinajstić information content (AvgIpc) is 2.78. The molecule has 3 aromatic carbocycles. The first-order chi connectivity index (χ1) is 15.1. The van der Waals surface area contributed by atoms with Crippen molar-refractivity contribution < 1.29 is 23.4 Å². The van der Waals surface area contributed by atoms with Gasteiger partial charge in [-0.25, -0.2) is 0 Å². The van der Waals surface area contributed by atoms with E-state index in [2.05, 4.69) is 5.32 Å². The predicted molar refractivity (Wildman–Crippen MR) is 118 cm³/mol. The minimum absolute atomic E-state index is 0.160. The smallest absolute Gasteiger partial charge is 0.262 e. The molecule has 0 saturated heterocycles. The van der Waals surface area contributed by atoms with E-state index in [0.717, 1.165) is 5.75 Å². The van der Waals surface area contributed by atoms with E-state index in [1.165, 1.54) is 7.11 Å². The van der Waals surface area contributed by atoms with E-state index in [9.17, 15) is 9.59 Å². The van der Waals surface area contributed by atoms with Gasteiger partial charge in [0.2, 0.25) is 5.43 Å². The molecule has 1 aromatic heterocycles. The first-order valence-electron chi connectivity index (χ1n) is 9.78. The second-order valence-corrected chi connectivity index (χ2v) is 6.72. The number of anilines is 1. The van der Waals surface area contributed by atoms with Gasteiger partial charge >= 0.3 is 0 Å². The molecule has 7 nitrogen and oxygen atoms in total. The lowest BCUT2D eigenvalue weighted by Crippen LogP contribution is -2.20. The number of hydrogen-bond donors (Lipinski definition) is 1. The maximum absolute atomic E-state index is 12.8. The summed E-state index contributed by atoms with van der Waals surface area (Å²) < 4.78 is 22.1. The van der Waals surface area contributed by atoms with Crippen LogP contribution < -0.4 is 25.0 Å². The van der Waals surface area contributed by atoms with Crippen molar-refractivity contribution in [2.45, 2.75) is 6.92 Å². The van der Waals surface area contributed by atoms with Gasteiger partial charge in [0, 0.05) is 11.8 Å². The Morgan fingerprint density at radius 2 is 1.71 bits per heavy atom. The van der Waals surface area contributed by atoms with Gasteiger partial charge in [-0.2, -0.15) is 0 Å². The van der Waals surface area contributed by atoms with Crippen molar-refractivity contribution in [2.24, 2.45) is 0 Å². The van der Waals surface area contributed by atoms with Crippen LogP contribution in [0.2, 0.25) is 0 Å². The Hall–Kier alpha value is -4.00. The van der Waals surface area contributed by atoms with Gasteiger partial charge in [0.05, 0.1) is 24.5 Å². The highest BCUT2D eigenvalue weighted by Crippen LogP contribution is 2.28. The van der Waals surface area contributed by atoms with Crippen LogP contribution in [0.1, 0.15) is 6.92 Å². The van der Waals surface area contributed by atoms with E-state index in [4.69, 9.17) is 18.6 Å². The third-order valence-electron chi connectivity index (χ3n) is 4.67. The number of para-hydroxylation sites is 1. The lowest BCUT2D eigenvalue weighted by molar-refractivity contribution is -0.118. The number of carbonyl (C=O) groups excluding carboxylic acids is 1. The normalized spacial score (nSPS) is 10.8. The highest BCUT2D eigenvalue weighted by molar-refractivity contribution is 5.96. The van der Waals surface area contributed by atoms with Crippen LogP contribution >= 0.6 is 0 Å². The SMILES string of the molecule is CCOc1ccc(OCC(=O)Nc2ccc3c(=O)c4cccc(OC)c4oc3c2)cc1. The van der Waals surface area contributed by atoms with E-state index in [1.807, 2.05) is 6.92 Å². The monoisotopic (exact) mass is 419 g/mol. The highest BCUT2D eigenvalue weighted by Gasteiger charge is 2.13. The Morgan fingerprint density at radius 3 is 2.42 bits per heavy atom. The van der Waals surface area contributed by atoms with E-state index in [-0.39, 0.29) is 17.9 Å². The molecule has 0 atom stereocenters. The number of fused-ring (bicyclic) bond motifs is 2. The quantitative estimate of drug-likeness (QED) is 0.448. The van der Waals surface area contributed by atoms with E-state index < -0.39 is 0 Å². The zero-order chi connectivity index (χ0) is 21.8. The fraction of sp³-hybridized carbons (Fsp3) is 0.167. The van der Waals surface area contributed by atoms with Crippen LogP contribution in [0.15, 0.2) is 69.9 Å². The summed E-state index contributed by atoms with van der Waals surface area (Å²) in [5.41, 5.74) is 1.05. The molecule has 0 saturated carbocycles. The first-order valence-corrected chi connectivity index (χ1v) is 9.78. The van der Waals surface area contributed by atoms with Crippen LogP contribution in [-0.2, 0) is 4.79 Å². The molecule has 0 spiro atoms. The van der Waals surface area contributed by atoms with Crippen molar-refractivity contribution in [3.63, 3.8) is 0 Å². The molecule has 158 valence electrons. The Balaban J connectivity index is 1.51. The molecule has 0 bridgehead atoms. The standard InChI is InChI=1S/C24H21NO6/c1-3-29-16-8-10-17(11-9-16)30-14-22(26)25-15-7-12-18-21(13-15)31-24-19(23(18)27)5-4-6-20(24)28-2/h4-13H,3,14H2,1-2H3,(H,25,26). The number of carbonyl (C=O) groups is 1. The molecular formula is C24H21NO6. The molecular weight excluding hydrogens is 398 g/mol. The summed E-state index contributed by atoms with van der Waals surface area (Å²) in [5.74, 6) is 1.42. The fourth-order valence-corrected chi connectivity index (χ4v) is 3.23. The van der Waals surface area contributed by atoms with Crippen molar-refractivity contribution in [2.75, 3.05) is 25.6 Å². The maximum atomic E-state index is 12.8. The van der Waals surface area contributed by atoms with Crippen molar-refractivity contribution in [3.8, 4) is 17.2 Å². The number of rotatable bonds is 7. The average molecular weight is 419 g/mol. The number of benzene rings is 3. The molecule has 1 amide bonds. The summed E-state index contributed by atoms with van der Waals surface area (Å²) in [5, 5.41) is 3.61. The van der Waals surface area contributed by atoms with Gasteiger partial charge in [0.15, 0.2) is 17.9 Å². The summed E-state index contributed by atoms with van der Waals surface area (Å²) in [7, 11) is 1.51. The van der Waals surface area contributed by atoms with E-state index >= 15 is 0 Å². The lowest BCUT2D eigenvalue weighted by atomic mass is 10.1. The van der Waals surface area contributed by atoms with Gasteiger partial charge in [-0.05, 0) is 55.5 Å². The molecule has 1 N–H and O–H groups in total. The topological polar surface area (TPSA) is 87.0 Å². The molecule has 31 heavy (non-hydrogen) atoms. The van der Waals surface area contributed by atoms with Gasteiger partial charge in [-0.1, -0.05) is 6.07 Å². The van der Waals surface area contributed by atoms with Crippen LogP contribution in [0.25, 0.3) is 21.9 Å². The van der Waals surface area contributed by atoms with Crippen molar-refractivity contribution >= 4 is 33.5 Å². The fourth-order valence-electron chi connectivity index (χ4n) is 3.23. The van der Waals surface area contributed by atoms with Crippen LogP contribution in [0.3, 0.4) is 0 Å². The first kappa shape index (κ1) is 20.3. The van der Waals surface area contributed by atoms with Crippen LogP contribution in [0.4, 0.5) is 5.69 Å². The number of amides is 1. The minimum atomic E-state index is -0.339. The van der Waals surface area contributed by atoms with Crippen molar-refractivity contribution in [1.82, 2.24) is 0 Å². The summed E-state index contributed by atoms with van der Waals surface area (Å²) in [6, 6.07) is 17.1. The van der Waals surface area contributed by atoms with Crippen molar-refractivity contribution in [3.05, 3.63) is 70.9 Å². The number of nitrogens with one attached hydrogen (secondary N) is 1. The molecule has 7 heteroatoms. The number of methoxy groups -OCH3 is 1. The minimum Gasteiger partial charge on any atom is -0.494 e. The zero-order valence-corrected chi connectivity index (χ0v) is 17.1. The van der Waals surface area contributed by atoms with Gasteiger partial charge < -0.3 is 23.9 Å². The Morgan fingerprint density at radius 1 is 0.968 bits per heavy atom. The summed E-state index contributed by atoms with van der Waals surface area (Å²) in [6.07, 6.45) is 0. The zero-order valence-electron chi connectivity index (χ0n) is 17.1. The summed E-state index contributed by atoms with van der Waals surface area (Å²) >= 11 is 0. The van der Waals surface area contributed by atoms with E-state index in [0.29, 0.717) is 45.7 Å². The van der Waals surface area contributed by atoms with Crippen LogP contribution in [0.5, 0.6) is 17.2 Å². The lowest BCUT2D eigenvalue weighted by Gasteiger charge is -2.10. The Bertz CT molecular complexity index is 1290. The van der Waals surface area contributed by atoms with Gasteiger partial charge in [-0.3, -0.25) is 9.59 Å². The molecule has 0 aliphatic rings. The molecule has 0 aliphatic heterocycles. The number of hydrogen-bond acceptors (Lipinski definition) is 6. The summed E-state index contributed by atoms with van der Waals surface area (Å²) in [4.78, 5) is 25.1.